The summed E-state index contributed by atoms with van der Waals surface area (Å²) >= 11 is 0. The summed E-state index contributed by atoms with van der Waals surface area (Å²) in [4.78, 5) is 12.5. The topological polar surface area (TPSA) is 64.3 Å². The minimum Gasteiger partial charge on any atom is -0.488 e. The molecule has 3 N–H and O–H groups in total. The predicted octanol–water partition coefficient (Wildman–Crippen LogP) is 3.60. The van der Waals surface area contributed by atoms with Gasteiger partial charge in [0, 0.05) is 11.7 Å². The highest BCUT2D eigenvalue weighted by atomic mass is 35.5. The van der Waals surface area contributed by atoms with E-state index in [-0.39, 0.29) is 35.9 Å². The lowest BCUT2D eigenvalue weighted by atomic mass is 9.84. The molecule has 4 nitrogen and oxygen atoms in total. The maximum Gasteiger partial charge on any atom is 0.229 e. The Balaban J connectivity index is 0.00000192. The Morgan fingerprint density at radius 3 is 2.30 bits per heavy atom. The molecule has 0 saturated heterocycles. The number of carbonyl (C=O) groups is 1. The van der Waals surface area contributed by atoms with Gasteiger partial charge in [-0.2, -0.15) is 0 Å². The number of carbonyl (C=O) groups excluding carboxylic acids is 1. The van der Waals surface area contributed by atoms with Gasteiger partial charge in [-0.3, -0.25) is 4.79 Å². The summed E-state index contributed by atoms with van der Waals surface area (Å²) in [5, 5.41) is 3.01. The number of hydrogen-bond donors (Lipinski definition) is 2. The molecular formula is C18H27ClN2O2. The van der Waals surface area contributed by atoms with Crippen LogP contribution in [0.5, 0.6) is 5.75 Å². The Labute approximate surface area is 144 Å². The summed E-state index contributed by atoms with van der Waals surface area (Å²) < 4.78 is 5.79. The third kappa shape index (κ3) is 3.99. The summed E-state index contributed by atoms with van der Waals surface area (Å²) in [7, 11) is 0. The van der Waals surface area contributed by atoms with Gasteiger partial charge in [-0.15, -0.1) is 12.4 Å². The number of hydrogen-bond acceptors (Lipinski definition) is 3. The largest absolute Gasteiger partial charge is 0.488 e. The second kappa shape index (κ2) is 6.70. The van der Waals surface area contributed by atoms with E-state index in [1.54, 1.807) is 0 Å². The molecule has 0 aliphatic heterocycles. The number of amides is 1. The van der Waals surface area contributed by atoms with E-state index in [0.29, 0.717) is 11.8 Å². The van der Waals surface area contributed by atoms with Gasteiger partial charge in [-0.25, -0.2) is 0 Å². The summed E-state index contributed by atoms with van der Waals surface area (Å²) in [6.07, 6.45) is 3.46. The molecule has 0 spiro atoms. The van der Waals surface area contributed by atoms with Crippen molar-refractivity contribution in [3.63, 3.8) is 0 Å². The molecule has 3 rings (SSSR count). The molecule has 4 unspecified atom stereocenters. The van der Waals surface area contributed by atoms with Crippen molar-refractivity contribution in [2.24, 2.45) is 23.5 Å². The second-order valence-corrected chi connectivity index (χ2v) is 7.66. The highest BCUT2D eigenvalue weighted by Crippen LogP contribution is 2.47. The van der Waals surface area contributed by atoms with E-state index in [1.807, 2.05) is 45.0 Å². The van der Waals surface area contributed by atoms with Crippen LogP contribution in [0.15, 0.2) is 24.3 Å². The number of nitrogens with two attached hydrogens (primary N) is 1. The molecular weight excluding hydrogens is 312 g/mol. The molecule has 2 aliphatic rings. The number of benzene rings is 1. The molecule has 23 heavy (non-hydrogen) atoms. The van der Waals surface area contributed by atoms with Gasteiger partial charge in [0.1, 0.15) is 11.4 Å². The van der Waals surface area contributed by atoms with Crippen molar-refractivity contribution < 1.29 is 9.53 Å². The molecule has 2 aliphatic carbocycles. The smallest absolute Gasteiger partial charge is 0.229 e. The van der Waals surface area contributed by atoms with E-state index in [4.69, 9.17) is 10.5 Å². The van der Waals surface area contributed by atoms with Crippen LogP contribution in [0.25, 0.3) is 0 Å². The van der Waals surface area contributed by atoms with E-state index in [0.717, 1.165) is 24.3 Å². The molecule has 2 saturated carbocycles. The van der Waals surface area contributed by atoms with Crippen molar-refractivity contribution >= 4 is 24.0 Å². The average molecular weight is 339 g/mol. The minimum absolute atomic E-state index is 0. The molecule has 4 atom stereocenters. The second-order valence-electron chi connectivity index (χ2n) is 7.66. The summed E-state index contributed by atoms with van der Waals surface area (Å²) in [5.41, 5.74) is 6.82. The molecule has 1 aromatic carbocycles. The molecule has 5 heteroatoms. The van der Waals surface area contributed by atoms with Crippen LogP contribution in [-0.2, 0) is 4.79 Å². The zero-order chi connectivity index (χ0) is 15.9. The lowest BCUT2D eigenvalue weighted by Gasteiger charge is -2.27. The van der Waals surface area contributed by atoms with Crippen molar-refractivity contribution in [3.05, 3.63) is 24.3 Å². The number of nitrogens with one attached hydrogen (secondary N) is 1. The maximum absolute atomic E-state index is 12.5. The first-order valence-corrected chi connectivity index (χ1v) is 8.19. The van der Waals surface area contributed by atoms with Gasteiger partial charge in [0.05, 0.1) is 5.92 Å². The predicted molar refractivity (Wildman–Crippen MR) is 95.0 cm³/mol. The highest BCUT2D eigenvalue weighted by molar-refractivity contribution is 5.93. The summed E-state index contributed by atoms with van der Waals surface area (Å²) in [5.74, 6) is 1.88. The normalized spacial score (nSPS) is 29.0. The van der Waals surface area contributed by atoms with Gasteiger partial charge in [0.2, 0.25) is 5.91 Å². The lowest BCUT2D eigenvalue weighted by Crippen LogP contribution is -2.42. The first kappa shape index (κ1) is 18.1. The van der Waals surface area contributed by atoms with Gasteiger partial charge in [-0.05, 0) is 76.1 Å². The number of halogens is 1. The standard InChI is InChI=1S/C18H26N2O2.ClH/c1-18(2,3)22-14-8-6-13(7-9-14)20-17(21)15-11-4-5-12(10-11)16(15)19;/h6-9,11-12,15-16H,4-5,10,19H2,1-3H3,(H,20,21);1H. The zero-order valence-corrected chi connectivity index (χ0v) is 14.9. The van der Waals surface area contributed by atoms with Gasteiger partial charge in [0.15, 0.2) is 0 Å². The highest BCUT2D eigenvalue weighted by Gasteiger charge is 2.49. The molecule has 2 bridgehead atoms. The fourth-order valence-corrected chi connectivity index (χ4v) is 3.91. The quantitative estimate of drug-likeness (QED) is 0.885. The summed E-state index contributed by atoms with van der Waals surface area (Å²) in [6.45, 7) is 6.04. The van der Waals surface area contributed by atoms with Crippen LogP contribution in [-0.4, -0.2) is 17.6 Å². The van der Waals surface area contributed by atoms with Crippen molar-refractivity contribution in [1.82, 2.24) is 0 Å². The number of ether oxygens (including phenoxy) is 1. The molecule has 0 heterocycles. The monoisotopic (exact) mass is 338 g/mol. The van der Waals surface area contributed by atoms with E-state index < -0.39 is 0 Å². The van der Waals surface area contributed by atoms with Crippen LogP contribution < -0.4 is 15.8 Å². The first-order valence-electron chi connectivity index (χ1n) is 8.19. The Morgan fingerprint density at radius 2 is 1.78 bits per heavy atom. The Bertz CT molecular complexity index is 551. The molecule has 0 aromatic heterocycles. The lowest BCUT2D eigenvalue weighted by molar-refractivity contribution is -0.121. The average Bonchev–Trinajstić information content (AvgIpc) is 3.00. The van der Waals surface area contributed by atoms with Crippen LogP contribution >= 0.6 is 12.4 Å². The fraction of sp³-hybridized carbons (Fsp3) is 0.611. The van der Waals surface area contributed by atoms with Crippen LogP contribution in [0.4, 0.5) is 5.69 Å². The van der Waals surface area contributed by atoms with Gasteiger partial charge in [0.25, 0.3) is 0 Å². The molecule has 2 fully saturated rings. The van der Waals surface area contributed by atoms with E-state index >= 15 is 0 Å². The molecule has 0 radical (unpaired) electrons. The van der Waals surface area contributed by atoms with Gasteiger partial charge < -0.3 is 15.8 Å². The van der Waals surface area contributed by atoms with Crippen molar-refractivity contribution in [3.8, 4) is 5.75 Å². The molecule has 1 aromatic rings. The van der Waals surface area contributed by atoms with E-state index in [9.17, 15) is 4.79 Å². The SMILES string of the molecule is CC(C)(C)Oc1ccc(NC(=O)C2C3CCC(C3)C2N)cc1.Cl. The fourth-order valence-electron chi connectivity index (χ4n) is 3.91. The van der Waals surface area contributed by atoms with Crippen molar-refractivity contribution in [1.29, 1.82) is 0 Å². The Hall–Kier alpha value is -1.26. The molecule has 1 amide bonds. The van der Waals surface area contributed by atoms with Gasteiger partial charge >= 0.3 is 0 Å². The Morgan fingerprint density at radius 1 is 1.17 bits per heavy atom. The molecule has 128 valence electrons. The third-order valence-corrected chi connectivity index (χ3v) is 4.83. The third-order valence-electron chi connectivity index (χ3n) is 4.83. The van der Waals surface area contributed by atoms with Crippen molar-refractivity contribution in [2.45, 2.75) is 51.7 Å². The minimum atomic E-state index is -0.222. The van der Waals surface area contributed by atoms with Crippen molar-refractivity contribution in [2.75, 3.05) is 5.32 Å². The maximum atomic E-state index is 12.5. The van der Waals surface area contributed by atoms with Crippen LogP contribution in [0.2, 0.25) is 0 Å². The van der Waals surface area contributed by atoms with Crippen LogP contribution in [0.3, 0.4) is 0 Å². The number of anilines is 1. The zero-order valence-electron chi connectivity index (χ0n) is 14.0. The summed E-state index contributed by atoms with van der Waals surface area (Å²) in [6, 6.07) is 7.58. The number of fused-ring (bicyclic) bond motifs is 2. The van der Waals surface area contributed by atoms with E-state index in [2.05, 4.69) is 5.32 Å². The Kier molecular flexibility index (Phi) is 5.27. The van der Waals surface area contributed by atoms with Gasteiger partial charge in [-0.1, -0.05) is 0 Å². The van der Waals surface area contributed by atoms with E-state index in [1.165, 1.54) is 6.42 Å². The van der Waals surface area contributed by atoms with Crippen LogP contribution in [0, 0.1) is 17.8 Å². The number of rotatable bonds is 3. The van der Waals surface area contributed by atoms with Crippen LogP contribution in [0.1, 0.15) is 40.0 Å². The first-order chi connectivity index (χ1) is 10.3.